The minimum absolute atomic E-state index is 0.144. The van der Waals surface area contributed by atoms with Crippen LogP contribution in [-0.2, 0) is 15.1 Å². The molecule has 1 unspecified atom stereocenters. The Bertz CT molecular complexity index is 851. The zero-order valence-corrected chi connectivity index (χ0v) is 14.6. The first-order chi connectivity index (χ1) is 12.5. The van der Waals surface area contributed by atoms with E-state index in [9.17, 15) is 14.4 Å². The quantitative estimate of drug-likeness (QED) is 0.823. The van der Waals surface area contributed by atoms with Crippen molar-refractivity contribution in [1.82, 2.24) is 15.5 Å². The van der Waals surface area contributed by atoms with Crippen LogP contribution in [0.2, 0.25) is 0 Å². The fourth-order valence-corrected chi connectivity index (χ4v) is 3.72. The van der Waals surface area contributed by atoms with Crippen molar-refractivity contribution in [3.63, 3.8) is 0 Å². The van der Waals surface area contributed by atoms with Gasteiger partial charge in [0.25, 0.3) is 5.91 Å². The number of imide groups is 1. The number of hydrogen-bond acceptors (Lipinski definition) is 4. The van der Waals surface area contributed by atoms with Crippen LogP contribution in [0.5, 0.6) is 0 Å². The lowest BCUT2D eigenvalue weighted by Gasteiger charge is -2.19. The lowest BCUT2D eigenvalue weighted by molar-refractivity contribution is -0.135. The van der Waals surface area contributed by atoms with Crippen molar-refractivity contribution >= 4 is 28.8 Å². The van der Waals surface area contributed by atoms with Gasteiger partial charge in [-0.1, -0.05) is 31.0 Å². The highest BCUT2D eigenvalue weighted by Crippen LogP contribution is 2.32. The van der Waals surface area contributed by atoms with Crippen LogP contribution in [0.3, 0.4) is 0 Å². The Morgan fingerprint density at radius 1 is 1.31 bits per heavy atom. The van der Waals surface area contributed by atoms with Crippen molar-refractivity contribution in [3.8, 4) is 0 Å². The maximum Gasteiger partial charge on any atom is 0.325 e. The molecule has 4 rings (SSSR count). The SMILES string of the molecule is CC1(c2cc3ccccc3o2)NC(=O)N(CC(=O)NC2CCCC2)C1=O. The number of furan rings is 1. The number of carbonyl (C=O) groups is 3. The summed E-state index contributed by atoms with van der Waals surface area (Å²) in [6.07, 6.45) is 4.08. The van der Waals surface area contributed by atoms with Crippen LogP contribution in [0.4, 0.5) is 4.79 Å². The van der Waals surface area contributed by atoms with Crippen molar-refractivity contribution in [2.24, 2.45) is 0 Å². The van der Waals surface area contributed by atoms with Gasteiger partial charge in [0.15, 0.2) is 5.54 Å². The predicted octanol–water partition coefficient (Wildman–Crippen LogP) is 2.26. The Hall–Kier alpha value is -2.83. The van der Waals surface area contributed by atoms with Crippen LogP contribution in [0.15, 0.2) is 34.7 Å². The second-order valence-electron chi connectivity index (χ2n) is 7.14. The molecule has 1 saturated heterocycles. The van der Waals surface area contributed by atoms with Gasteiger partial charge in [0.05, 0.1) is 0 Å². The van der Waals surface area contributed by atoms with Gasteiger partial charge in [0.1, 0.15) is 17.9 Å². The van der Waals surface area contributed by atoms with Crippen LogP contribution in [0, 0.1) is 0 Å². The second kappa shape index (κ2) is 6.16. The van der Waals surface area contributed by atoms with Crippen LogP contribution < -0.4 is 10.6 Å². The molecule has 0 bridgehead atoms. The molecule has 1 atom stereocenters. The van der Waals surface area contributed by atoms with Gasteiger partial charge in [-0.2, -0.15) is 0 Å². The van der Waals surface area contributed by atoms with Gasteiger partial charge >= 0.3 is 6.03 Å². The number of benzene rings is 1. The first-order valence-corrected chi connectivity index (χ1v) is 8.90. The van der Waals surface area contributed by atoms with E-state index < -0.39 is 17.5 Å². The Morgan fingerprint density at radius 3 is 2.77 bits per heavy atom. The Labute approximate surface area is 150 Å². The molecule has 2 fully saturated rings. The Kier molecular flexibility index (Phi) is 3.94. The van der Waals surface area contributed by atoms with Gasteiger partial charge < -0.3 is 15.1 Å². The van der Waals surface area contributed by atoms with Gasteiger partial charge in [-0.15, -0.1) is 0 Å². The molecular weight excluding hydrogens is 334 g/mol. The third-order valence-electron chi connectivity index (χ3n) is 5.22. The van der Waals surface area contributed by atoms with Gasteiger partial charge in [-0.25, -0.2) is 4.79 Å². The molecule has 7 heteroatoms. The molecule has 1 aliphatic heterocycles. The summed E-state index contributed by atoms with van der Waals surface area (Å²) < 4.78 is 5.77. The van der Waals surface area contributed by atoms with E-state index in [4.69, 9.17) is 4.42 Å². The van der Waals surface area contributed by atoms with E-state index in [0.29, 0.717) is 11.3 Å². The lowest BCUT2D eigenvalue weighted by atomic mass is 9.99. The molecule has 2 aliphatic rings. The van der Waals surface area contributed by atoms with Crippen LogP contribution in [-0.4, -0.2) is 35.3 Å². The van der Waals surface area contributed by atoms with E-state index >= 15 is 0 Å². The summed E-state index contributed by atoms with van der Waals surface area (Å²) >= 11 is 0. The van der Waals surface area contributed by atoms with Crippen LogP contribution >= 0.6 is 0 Å². The Morgan fingerprint density at radius 2 is 2.04 bits per heavy atom. The van der Waals surface area contributed by atoms with Crippen molar-refractivity contribution in [1.29, 1.82) is 0 Å². The van der Waals surface area contributed by atoms with Gasteiger partial charge in [0.2, 0.25) is 5.91 Å². The highest BCUT2D eigenvalue weighted by molar-refractivity contribution is 6.09. The largest absolute Gasteiger partial charge is 0.458 e. The van der Waals surface area contributed by atoms with E-state index in [1.54, 1.807) is 19.1 Å². The fourth-order valence-electron chi connectivity index (χ4n) is 3.72. The summed E-state index contributed by atoms with van der Waals surface area (Å²) in [5.41, 5.74) is -0.674. The highest BCUT2D eigenvalue weighted by atomic mass is 16.3. The summed E-state index contributed by atoms with van der Waals surface area (Å²) in [7, 11) is 0. The summed E-state index contributed by atoms with van der Waals surface area (Å²) in [6.45, 7) is 1.32. The topological polar surface area (TPSA) is 91.7 Å². The minimum Gasteiger partial charge on any atom is -0.458 e. The average Bonchev–Trinajstić information content (AvgIpc) is 3.31. The van der Waals surface area contributed by atoms with Gasteiger partial charge in [-0.3, -0.25) is 14.5 Å². The molecule has 7 nitrogen and oxygen atoms in total. The van der Waals surface area contributed by atoms with Crippen LogP contribution in [0.1, 0.15) is 38.4 Å². The molecule has 0 radical (unpaired) electrons. The van der Waals surface area contributed by atoms with Gasteiger partial charge in [-0.05, 0) is 31.9 Å². The smallest absolute Gasteiger partial charge is 0.325 e. The molecule has 1 saturated carbocycles. The average molecular weight is 355 g/mol. The number of carbonyl (C=O) groups excluding carboxylic acids is 3. The zero-order chi connectivity index (χ0) is 18.3. The molecule has 2 heterocycles. The Balaban J connectivity index is 1.53. The van der Waals surface area contributed by atoms with E-state index in [1.165, 1.54) is 0 Å². The highest BCUT2D eigenvalue weighted by Gasteiger charge is 2.51. The third kappa shape index (κ3) is 2.73. The maximum absolute atomic E-state index is 12.9. The number of nitrogens with zero attached hydrogens (tertiary/aromatic N) is 1. The molecule has 0 spiro atoms. The number of amides is 4. The zero-order valence-electron chi connectivity index (χ0n) is 14.6. The minimum atomic E-state index is -1.32. The van der Waals surface area contributed by atoms with Crippen molar-refractivity contribution < 1.29 is 18.8 Å². The molecule has 4 amide bonds. The lowest BCUT2D eigenvalue weighted by Crippen LogP contribution is -2.44. The maximum atomic E-state index is 12.9. The van der Waals surface area contributed by atoms with Crippen LogP contribution in [0.25, 0.3) is 11.0 Å². The summed E-state index contributed by atoms with van der Waals surface area (Å²) in [6, 6.07) is 8.70. The van der Waals surface area contributed by atoms with Gasteiger partial charge in [0, 0.05) is 11.4 Å². The predicted molar refractivity (Wildman–Crippen MR) is 94.2 cm³/mol. The van der Waals surface area contributed by atoms with E-state index in [1.807, 2.05) is 18.2 Å². The molecule has 136 valence electrons. The molecule has 2 N–H and O–H groups in total. The van der Waals surface area contributed by atoms with Crippen molar-refractivity contribution in [3.05, 3.63) is 36.1 Å². The number of nitrogens with one attached hydrogen (secondary N) is 2. The summed E-state index contributed by atoms with van der Waals surface area (Å²) in [5.74, 6) is -0.437. The number of urea groups is 1. The molecule has 1 aromatic heterocycles. The molecule has 2 aromatic rings. The first kappa shape index (κ1) is 16.6. The van der Waals surface area contributed by atoms with Crippen molar-refractivity contribution in [2.75, 3.05) is 6.54 Å². The number of rotatable bonds is 4. The molecular formula is C19H21N3O4. The molecule has 26 heavy (non-hydrogen) atoms. The number of para-hydroxylation sites is 1. The van der Waals surface area contributed by atoms with E-state index in [2.05, 4.69) is 10.6 Å². The third-order valence-corrected chi connectivity index (χ3v) is 5.22. The number of hydrogen-bond donors (Lipinski definition) is 2. The second-order valence-corrected chi connectivity index (χ2v) is 7.14. The van der Waals surface area contributed by atoms with E-state index in [-0.39, 0.29) is 18.5 Å². The standard InChI is InChI=1S/C19H21N3O4/c1-19(15-10-12-6-2-5-9-14(12)26-15)17(24)22(18(25)21-19)11-16(23)20-13-7-3-4-8-13/h2,5-6,9-10,13H,3-4,7-8,11H2,1H3,(H,20,23)(H,21,25). The summed E-state index contributed by atoms with van der Waals surface area (Å²) in [5, 5.41) is 6.42. The van der Waals surface area contributed by atoms with E-state index in [0.717, 1.165) is 36.0 Å². The normalized spacial score (nSPS) is 23.7. The fraction of sp³-hybridized carbons (Fsp3) is 0.421. The molecule has 1 aromatic carbocycles. The van der Waals surface area contributed by atoms with Crippen molar-refractivity contribution in [2.45, 2.75) is 44.2 Å². The monoisotopic (exact) mass is 355 g/mol. The summed E-state index contributed by atoms with van der Waals surface area (Å²) in [4.78, 5) is 38.4. The first-order valence-electron chi connectivity index (χ1n) is 8.90. The molecule has 1 aliphatic carbocycles. The number of fused-ring (bicyclic) bond motifs is 1.